The van der Waals surface area contributed by atoms with Crippen LogP contribution in [-0.4, -0.2) is 72.2 Å². The fourth-order valence-corrected chi connectivity index (χ4v) is 5.97. The van der Waals surface area contributed by atoms with Crippen molar-refractivity contribution in [3.8, 4) is 0 Å². The molecule has 0 spiro atoms. The number of rotatable bonds is 7. The van der Waals surface area contributed by atoms with Crippen molar-refractivity contribution in [1.29, 1.82) is 0 Å². The van der Waals surface area contributed by atoms with Crippen LogP contribution in [0.15, 0.2) is 42.6 Å². The van der Waals surface area contributed by atoms with Gasteiger partial charge in [0.1, 0.15) is 0 Å². The van der Waals surface area contributed by atoms with Crippen LogP contribution < -0.4 is 5.32 Å². The summed E-state index contributed by atoms with van der Waals surface area (Å²) in [6.45, 7) is 4.53. The molecule has 0 bridgehead atoms. The molecule has 0 aliphatic carbocycles. The molecule has 1 unspecified atom stereocenters. The number of pyridine rings is 1. The molecule has 1 aromatic heterocycles. The van der Waals surface area contributed by atoms with Gasteiger partial charge >= 0.3 is 6.18 Å². The molecule has 4 heterocycles. The van der Waals surface area contributed by atoms with Crippen LogP contribution in [0.2, 0.25) is 0 Å². The first-order valence-corrected chi connectivity index (χ1v) is 13.3. The van der Waals surface area contributed by atoms with Gasteiger partial charge in [0, 0.05) is 63.4 Å². The first-order chi connectivity index (χ1) is 17.8. The van der Waals surface area contributed by atoms with E-state index in [2.05, 4.69) is 15.2 Å². The predicted octanol–water partition coefficient (Wildman–Crippen LogP) is 3.69. The van der Waals surface area contributed by atoms with Gasteiger partial charge in [-0.05, 0) is 73.4 Å². The summed E-state index contributed by atoms with van der Waals surface area (Å²) in [5.74, 6) is 0.266. The second kappa shape index (κ2) is 11.5. The van der Waals surface area contributed by atoms with Crippen molar-refractivity contribution in [1.82, 2.24) is 20.1 Å². The summed E-state index contributed by atoms with van der Waals surface area (Å²) in [4.78, 5) is 22.0. The fraction of sp³-hybridized carbons (Fsp3) is 0.571. The fourth-order valence-electron chi connectivity index (χ4n) is 5.97. The Labute approximate surface area is 216 Å². The molecular weight excluding hydrogens is 481 g/mol. The third-order valence-electron chi connectivity index (χ3n) is 8.01. The van der Waals surface area contributed by atoms with E-state index in [4.69, 9.17) is 4.74 Å². The summed E-state index contributed by atoms with van der Waals surface area (Å²) < 4.78 is 45.1. The minimum absolute atomic E-state index is 0.0490. The first kappa shape index (κ1) is 26.1. The van der Waals surface area contributed by atoms with E-state index in [0.29, 0.717) is 37.0 Å². The largest absolute Gasteiger partial charge is 0.416 e. The number of fused-ring (bicyclic) bond motifs is 1. The van der Waals surface area contributed by atoms with Gasteiger partial charge in [-0.15, -0.1) is 0 Å². The molecular formula is C28H35F3N4O2. The third-order valence-corrected chi connectivity index (χ3v) is 8.01. The number of carbonyl (C=O) groups is 1. The maximum Gasteiger partial charge on any atom is 0.416 e. The number of nitrogens with zero attached hydrogens (tertiary/aromatic N) is 3. The second-order valence-corrected chi connectivity index (χ2v) is 10.5. The molecule has 200 valence electrons. The van der Waals surface area contributed by atoms with Gasteiger partial charge < -0.3 is 10.1 Å². The molecule has 2 fully saturated rings. The molecule has 6 nitrogen and oxygen atoms in total. The van der Waals surface area contributed by atoms with E-state index in [9.17, 15) is 18.0 Å². The quantitative estimate of drug-likeness (QED) is 0.609. The SMILES string of the molecule is O=C(CN1CCc2ccc(C(F)(F)F)cc2C1)NC1CN(C2CCOCC2)C[C@@H]1CCc1ccccn1. The molecule has 0 radical (unpaired) electrons. The van der Waals surface area contributed by atoms with Crippen molar-refractivity contribution in [2.75, 3.05) is 39.4 Å². The molecule has 1 aromatic carbocycles. The van der Waals surface area contributed by atoms with Gasteiger partial charge in [0.2, 0.25) is 5.91 Å². The highest BCUT2D eigenvalue weighted by molar-refractivity contribution is 5.78. The summed E-state index contributed by atoms with van der Waals surface area (Å²) in [6, 6.07) is 10.4. The standard InChI is InChI=1S/C28H35F3N4O2/c29-28(30,31)23-6-4-20-8-12-34(16-22(20)15-23)19-27(36)33-26-18-35(25-9-13-37-14-10-25)17-21(26)5-7-24-3-1-2-11-32-24/h1-4,6,11,15,21,25-26H,5,7-10,12-14,16-19H2,(H,33,36)/t21-,26?/m0/s1. The molecule has 1 amide bonds. The minimum atomic E-state index is -4.36. The molecule has 3 aliphatic heterocycles. The first-order valence-electron chi connectivity index (χ1n) is 13.3. The highest BCUT2D eigenvalue weighted by atomic mass is 19.4. The lowest BCUT2D eigenvalue weighted by atomic mass is 9.96. The van der Waals surface area contributed by atoms with Crippen molar-refractivity contribution < 1.29 is 22.7 Å². The Kier molecular flexibility index (Phi) is 8.12. The van der Waals surface area contributed by atoms with E-state index in [1.807, 2.05) is 29.3 Å². The monoisotopic (exact) mass is 516 g/mol. The average molecular weight is 517 g/mol. The number of carbonyl (C=O) groups excluding carboxylic acids is 1. The number of aromatic nitrogens is 1. The lowest BCUT2D eigenvalue weighted by Gasteiger charge is -2.31. The van der Waals surface area contributed by atoms with Crippen molar-refractivity contribution in [3.63, 3.8) is 0 Å². The maximum absolute atomic E-state index is 13.2. The Morgan fingerprint density at radius 1 is 1.11 bits per heavy atom. The number of halogens is 3. The number of aryl methyl sites for hydroxylation is 1. The van der Waals surface area contributed by atoms with Gasteiger partial charge in [0.05, 0.1) is 12.1 Å². The molecule has 2 saturated heterocycles. The summed E-state index contributed by atoms with van der Waals surface area (Å²) in [7, 11) is 0. The maximum atomic E-state index is 13.2. The van der Waals surface area contributed by atoms with E-state index in [-0.39, 0.29) is 18.5 Å². The normalized spacial score (nSPS) is 23.6. The van der Waals surface area contributed by atoms with Gasteiger partial charge in [-0.2, -0.15) is 13.2 Å². The van der Waals surface area contributed by atoms with Gasteiger partial charge in [0.25, 0.3) is 0 Å². The smallest absolute Gasteiger partial charge is 0.381 e. The molecule has 0 saturated carbocycles. The van der Waals surface area contributed by atoms with E-state index < -0.39 is 11.7 Å². The summed E-state index contributed by atoms with van der Waals surface area (Å²) in [6.07, 6.45) is 1.93. The van der Waals surface area contributed by atoms with Crippen molar-refractivity contribution in [2.24, 2.45) is 5.92 Å². The van der Waals surface area contributed by atoms with Gasteiger partial charge in [-0.1, -0.05) is 12.1 Å². The number of benzene rings is 1. The Morgan fingerprint density at radius 3 is 2.70 bits per heavy atom. The van der Waals surface area contributed by atoms with Crippen LogP contribution in [0.4, 0.5) is 13.2 Å². The Hall–Kier alpha value is -2.49. The topological polar surface area (TPSA) is 57.7 Å². The zero-order chi connectivity index (χ0) is 25.8. The average Bonchev–Trinajstić information content (AvgIpc) is 3.30. The number of hydrogen-bond donors (Lipinski definition) is 1. The van der Waals surface area contributed by atoms with Crippen LogP contribution >= 0.6 is 0 Å². The molecule has 3 aliphatic rings. The molecule has 5 rings (SSSR count). The van der Waals surface area contributed by atoms with Crippen LogP contribution in [0.25, 0.3) is 0 Å². The van der Waals surface area contributed by atoms with Crippen LogP contribution in [0.5, 0.6) is 0 Å². The summed E-state index contributed by atoms with van der Waals surface area (Å²) >= 11 is 0. The van der Waals surface area contributed by atoms with E-state index in [1.165, 1.54) is 6.07 Å². The number of ether oxygens (including phenoxy) is 1. The molecule has 2 atom stereocenters. The lowest BCUT2D eigenvalue weighted by Crippen LogP contribution is -2.47. The zero-order valence-corrected chi connectivity index (χ0v) is 21.1. The molecule has 1 N–H and O–H groups in total. The number of hydrogen-bond acceptors (Lipinski definition) is 5. The molecule has 9 heteroatoms. The highest BCUT2D eigenvalue weighted by Gasteiger charge is 2.37. The lowest BCUT2D eigenvalue weighted by molar-refractivity contribution is -0.137. The zero-order valence-electron chi connectivity index (χ0n) is 21.1. The number of amides is 1. The van der Waals surface area contributed by atoms with Gasteiger partial charge in [0.15, 0.2) is 0 Å². The number of likely N-dealkylation sites (tertiary alicyclic amines) is 1. The van der Waals surface area contributed by atoms with E-state index in [1.54, 1.807) is 6.07 Å². The van der Waals surface area contributed by atoms with Crippen molar-refractivity contribution in [2.45, 2.75) is 56.9 Å². The molecule has 2 aromatic rings. The van der Waals surface area contributed by atoms with Gasteiger partial charge in [-0.3, -0.25) is 19.6 Å². The Bertz CT molecular complexity index is 1060. The Balaban J connectivity index is 1.20. The van der Waals surface area contributed by atoms with Crippen molar-refractivity contribution in [3.05, 3.63) is 65.0 Å². The minimum Gasteiger partial charge on any atom is -0.381 e. The third kappa shape index (κ3) is 6.69. The number of alkyl halides is 3. The highest BCUT2D eigenvalue weighted by Crippen LogP contribution is 2.32. The van der Waals surface area contributed by atoms with E-state index in [0.717, 1.165) is 69.3 Å². The van der Waals surface area contributed by atoms with Crippen LogP contribution in [0.1, 0.15) is 41.6 Å². The van der Waals surface area contributed by atoms with Crippen molar-refractivity contribution >= 4 is 5.91 Å². The van der Waals surface area contributed by atoms with Crippen LogP contribution in [0, 0.1) is 5.92 Å². The molecule has 37 heavy (non-hydrogen) atoms. The predicted molar refractivity (Wildman–Crippen MR) is 134 cm³/mol. The second-order valence-electron chi connectivity index (χ2n) is 10.5. The summed E-state index contributed by atoms with van der Waals surface area (Å²) in [5.41, 5.74) is 2.02. The van der Waals surface area contributed by atoms with Crippen LogP contribution in [-0.2, 0) is 35.1 Å². The number of nitrogens with one attached hydrogen (secondary N) is 1. The van der Waals surface area contributed by atoms with Gasteiger partial charge in [-0.25, -0.2) is 0 Å². The Morgan fingerprint density at radius 2 is 1.95 bits per heavy atom. The summed E-state index contributed by atoms with van der Waals surface area (Å²) in [5, 5.41) is 3.29. The van der Waals surface area contributed by atoms with Crippen LogP contribution in [0.3, 0.4) is 0 Å². The van der Waals surface area contributed by atoms with E-state index >= 15 is 0 Å².